The molecule has 0 unspecified atom stereocenters. The molecule has 0 saturated heterocycles. The van der Waals surface area contributed by atoms with Gasteiger partial charge in [-0.1, -0.05) is 128 Å². The molecule has 0 bridgehead atoms. The zero-order valence-corrected chi connectivity index (χ0v) is 40.7. The number of para-hydroxylation sites is 2. The van der Waals surface area contributed by atoms with E-state index in [9.17, 15) is 0 Å². The van der Waals surface area contributed by atoms with E-state index in [4.69, 9.17) is 8.83 Å². The van der Waals surface area contributed by atoms with Crippen molar-refractivity contribution in [2.75, 3.05) is 4.81 Å². The Morgan fingerprint density at radius 3 is 1.71 bits per heavy atom. The lowest BCUT2D eigenvalue weighted by Crippen LogP contribution is -2.60. The van der Waals surface area contributed by atoms with Crippen LogP contribution in [0.4, 0.5) is 11.4 Å². The van der Waals surface area contributed by atoms with E-state index in [-0.39, 0.29) is 28.5 Å². The van der Waals surface area contributed by atoms with Gasteiger partial charge in [-0.3, -0.25) is 0 Å². The molecule has 3 aromatic heterocycles. The van der Waals surface area contributed by atoms with E-state index >= 15 is 0 Å². The summed E-state index contributed by atoms with van der Waals surface area (Å²) in [5.74, 6) is 0. The van der Waals surface area contributed by atoms with Crippen molar-refractivity contribution in [2.24, 2.45) is 0 Å². The molecule has 332 valence electrons. The van der Waals surface area contributed by atoms with E-state index in [0.717, 1.165) is 57.5 Å². The van der Waals surface area contributed by atoms with Gasteiger partial charge in [0.2, 0.25) is 0 Å². The van der Waals surface area contributed by atoms with Crippen LogP contribution in [0.2, 0.25) is 0 Å². The molecular weight excluding hydrogens is 828 g/mol. The van der Waals surface area contributed by atoms with Gasteiger partial charge in [-0.05, 0) is 152 Å². The summed E-state index contributed by atoms with van der Waals surface area (Å²) in [6, 6.07) is 46.8. The van der Waals surface area contributed by atoms with Crippen LogP contribution in [0.25, 0.3) is 93.3 Å². The van der Waals surface area contributed by atoms with Crippen molar-refractivity contribution in [1.29, 1.82) is 0 Å². The zero-order valence-electron chi connectivity index (χ0n) is 40.7. The maximum absolute atomic E-state index is 7.40. The number of furan rings is 2. The molecule has 0 amide bonds. The molecule has 2 aliphatic heterocycles. The summed E-state index contributed by atoms with van der Waals surface area (Å²) in [5.41, 5.74) is 22.0. The Morgan fingerprint density at radius 2 is 1.01 bits per heavy atom. The largest absolute Gasteiger partial charge is 0.455 e. The Morgan fingerprint density at radius 1 is 0.456 bits per heavy atom. The van der Waals surface area contributed by atoms with Gasteiger partial charge in [-0.15, -0.1) is 0 Å². The number of hydrogen-bond donors (Lipinski definition) is 0. The number of benzene rings is 8. The van der Waals surface area contributed by atoms with E-state index in [0.29, 0.717) is 0 Å². The number of nitrogens with zero attached hydrogens (tertiary/aromatic N) is 2. The lowest BCUT2D eigenvalue weighted by atomic mass is 9.44. The van der Waals surface area contributed by atoms with Crippen LogP contribution in [0.1, 0.15) is 109 Å². The first-order valence-electron chi connectivity index (χ1n) is 25.0. The van der Waals surface area contributed by atoms with Gasteiger partial charge in [0.15, 0.2) is 5.58 Å². The molecule has 8 aromatic carbocycles. The van der Waals surface area contributed by atoms with Crippen molar-refractivity contribution < 1.29 is 8.83 Å². The smallest absolute Gasteiger partial charge is 0.333 e. The van der Waals surface area contributed by atoms with Gasteiger partial charge >= 0.3 is 6.85 Å². The Labute approximate surface area is 397 Å². The van der Waals surface area contributed by atoms with E-state index in [1.165, 1.54) is 112 Å². The monoisotopic (exact) mass is 882 g/mol. The molecule has 4 nitrogen and oxygen atoms in total. The highest BCUT2D eigenvalue weighted by Gasteiger charge is 2.47. The molecule has 0 fully saturated rings. The third-order valence-electron chi connectivity index (χ3n) is 17.9. The molecule has 68 heavy (non-hydrogen) atoms. The van der Waals surface area contributed by atoms with Crippen LogP contribution in [0, 0.1) is 6.92 Å². The van der Waals surface area contributed by atoms with Crippen molar-refractivity contribution >= 4 is 106 Å². The Kier molecular flexibility index (Phi) is 7.21. The topological polar surface area (TPSA) is 34.5 Å². The average molecular weight is 883 g/mol. The maximum Gasteiger partial charge on any atom is 0.333 e. The van der Waals surface area contributed by atoms with Gasteiger partial charge in [0.25, 0.3) is 0 Å². The first-order chi connectivity index (χ1) is 32.6. The molecular formula is C63H55BN2O2. The molecule has 0 radical (unpaired) electrons. The summed E-state index contributed by atoms with van der Waals surface area (Å²) in [6.07, 6.45) is 4.64. The fraction of sp³-hybridized carbons (Fsp3) is 0.270. The second-order valence-electron chi connectivity index (χ2n) is 23.8. The van der Waals surface area contributed by atoms with Crippen LogP contribution in [-0.4, -0.2) is 11.4 Å². The van der Waals surface area contributed by atoms with Crippen LogP contribution in [0.3, 0.4) is 0 Å². The van der Waals surface area contributed by atoms with Crippen molar-refractivity contribution in [3.8, 4) is 16.8 Å². The first-order valence-corrected chi connectivity index (χ1v) is 25.0. The van der Waals surface area contributed by atoms with Crippen LogP contribution in [0.5, 0.6) is 0 Å². The van der Waals surface area contributed by atoms with Gasteiger partial charge < -0.3 is 18.2 Å². The molecule has 0 atom stereocenters. The predicted molar refractivity (Wildman–Crippen MR) is 287 cm³/mol. The number of rotatable bonds is 1. The second-order valence-corrected chi connectivity index (χ2v) is 23.8. The van der Waals surface area contributed by atoms with E-state index in [2.05, 4.69) is 193 Å². The van der Waals surface area contributed by atoms with Gasteiger partial charge in [0.1, 0.15) is 16.7 Å². The van der Waals surface area contributed by atoms with Gasteiger partial charge in [0, 0.05) is 54.6 Å². The number of hydrogen-bond acceptors (Lipinski definition) is 3. The molecule has 15 rings (SSSR count). The average Bonchev–Trinajstić information content (AvgIpc) is 4.00. The summed E-state index contributed by atoms with van der Waals surface area (Å²) >= 11 is 0. The predicted octanol–water partition coefficient (Wildman–Crippen LogP) is 16.0. The standard InChI is InChI=1S/C63H55BN2O2/c1-34-28-43-54-49(23-22-40-42-31-45-47(33-53(42)68-59(40)54)63(8,9)27-25-61(45,4)5)66(50-19-13-17-39-41-30-44-46(32-52(41)67-58(39)50)62(6,7)26-24-60(44,2)3)64-48-18-12-16-37-38-21-20-35-14-10-11-15-36(35)56(38)65(57(37)48)51(29-34)55(43)64/h10-23,28-33H,24-27H2,1-9H3. The van der Waals surface area contributed by atoms with Gasteiger partial charge in [-0.25, -0.2) is 0 Å². The molecule has 0 N–H and O–H groups in total. The van der Waals surface area contributed by atoms with Crippen molar-refractivity contribution in [1.82, 2.24) is 4.57 Å². The van der Waals surface area contributed by atoms with Gasteiger partial charge in [0.05, 0.1) is 16.7 Å². The van der Waals surface area contributed by atoms with Crippen molar-refractivity contribution in [3.05, 3.63) is 149 Å². The van der Waals surface area contributed by atoms with Gasteiger partial charge in [-0.2, -0.15) is 0 Å². The van der Waals surface area contributed by atoms with E-state index in [1.807, 2.05) is 0 Å². The SMILES string of the molecule is Cc1cc2c3c(c1)-n1c4c(cccc4c4ccc5ccccc5c41)B3N(c1cccc3c1oc1cc4c(cc13)C(C)(C)CCC4(C)C)c1ccc3c(oc4cc5c(cc43)C(C)(C)CCC5(C)C)c1-2. The summed E-state index contributed by atoms with van der Waals surface area (Å²) in [4.78, 5) is 2.63. The number of anilines is 2. The molecule has 0 saturated carbocycles. The summed E-state index contributed by atoms with van der Waals surface area (Å²) in [5, 5.41) is 9.80. The lowest BCUT2D eigenvalue weighted by Gasteiger charge is -2.42. The quantitative estimate of drug-likeness (QED) is 0.154. The molecule has 2 aliphatic carbocycles. The number of aryl methyl sites for hydroxylation is 1. The minimum atomic E-state index is -0.152. The summed E-state index contributed by atoms with van der Waals surface area (Å²) in [7, 11) is 0. The van der Waals surface area contributed by atoms with Crippen LogP contribution in [-0.2, 0) is 21.7 Å². The number of aromatic nitrogens is 1. The molecule has 0 spiro atoms. The lowest BCUT2D eigenvalue weighted by molar-refractivity contribution is 0.332. The normalized spacial score (nSPS) is 18.2. The Hall–Kier alpha value is -6.72. The third-order valence-corrected chi connectivity index (χ3v) is 17.9. The van der Waals surface area contributed by atoms with Crippen LogP contribution >= 0.6 is 0 Å². The number of fused-ring (bicyclic) bond motifs is 18. The highest BCUT2D eigenvalue weighted by molar-refractivity contribution is 6.94. The third kappa shape index (κ3) is 4.83. The molecule has 11 aromatic rings. The zero-order chi connectivity index (χ0) is 46.1. The minimum absolute atomic E-state index is 0.0650. The Balaban J connectivity index is 1.09. The van der Waals surface area contributed by atoms with E-state index in [1.54, 1.807) is 0 Å². The van der Waals surface area contributed by atoms with Crippen LogP contribution in [0.15, 0.2) is 130 Å². The summed E-state index contributed by atoms with van der Waals surface area (Å²) in [6.45, 7) is 21.4. The van der Waals surface area contributed by atoms with Crippen molar-refractivity contribution in [2.45, 2.75) is 110 Å². The highest BCUT2D eigenvalue weighted by atomic mass is 16.3. The van der Waals surface area contributed by atoms with Crippen molar-refractivity contribution in [3.63, 3.8) is 0 Å². The summed E-state index contributed by atoms with van der Waals surface area (Å²) < 4.78 is 17.3. The molecule has 5 heterocycles. The Bertz CT molecular complexity index is 4130. The van der Waals surface area contributed by atoms with E-state index < -0.39 is 0 Å². The first kappa shape index (κ1) is 39.3. The molecule has 4 aliphatic rings. The fourth-order valence-corrected chi connectivity index (χ4v) is 14.0. The second kappa shape index (κ2) is 12.5. The van der Waals surface area contributed by atoms with Crippen LogP contribution < -0.4 is 15.7 Å². The maximum atomic E-state index is 7.40. The fourth-order valence-electron chi connectivity index (χ4n) is 14.0. The highest BCUT2D eigenvalue weighted by Crippen LogP contribution is 2.54. The molecule has 5 heteroatoms. The minimum Gasteiger partial charge on any atom is -0.455 e.